The van der Waals surface area contributed by atoms with Crippen LogP contribution in [-0.4, -0.2) is 34.6 Å². The minimum absolute atomic E-state index is 0.0214. The van der Waals surface area contributed by atoms with E-state index in [1.807, 2.05) is 32.0 Å². The highest BCUT2D eigenvalue weighted by molar-refractivity contribution is 7.89. The van der Waals surface area contributed by atoms with Crippen LogP contribution < -0.4 is 19.5 Å². The lowest BCUT2D eigenvalue weighted by Crippen LogP contribution is -2.41. The van der Waals surface area contributed by atoms with Gasteiger partial charge in [0.1, 0.15) is 0 Å². The molecule has 0 aliphatic rings. The minimum Gasteiger partial charge on any atom is -0.493 e. The maximum Gasteiger partial charge on any atom is 0.242 e. The van der Waals surface area contributed by atoms with E-state index in [-0.39, 0.29) is 10.6 Å². The molecule has 7 nitrogen and oxygen atoms in total. The van der Waals surface area contributed by atoms with Crippen molar-refractivity contribution in [2.75, 3.05) is 19.5 Å². The summed E-state index contributed by atoms with van der Waals surface area (Å²) in [4.78, 5) is 12.4. The topological polar surface area (TPSA) is 93.7 Å². The fraction of sp³-hybridized carbons (Fsp3) is 0.316. The third-order valence-corrected chi connectivity index (χ3v) is 5.66. The number of anilines is 1. The van der Waals surface area contributed by atoms with Gasteiger partial charge in [0.15, 0.2) is 11.5 Å². The quantitative estimate of drug-likeness (QED) is 0.755. The molecule has 2 N–H and O–H groups in total. The average molecular weight is 392 g/mol. The van der Waals surface area contributed by atoms with Gasteiger partial charge in [0.05, 0.1) is 25.2 Å². The van der Waals surface area contributed by atoms with Crippen molar-refractivity contribution in [3.05, 3.63) is 47.5 Å². The molecular formula is C19H24N2O5S. The molecule has 0 heterocycles. The number of hydrogen-bond donors (Lipinski definition) is 2. The smallest absolute Gasteiger partial charge is 0.242 e. The van der Waals surface area contributed by atoms with Crippen molar-refractivity contribution in [1.29, 1.82) is 0 Å². The van der Waals surface area contributed by atoms with Gasteiger partial charge in [-0.05, 0) is 44.0 Å². The highest BCUT2D eigenvalue weighted by Gasteiger charge is 2.24. The molecule has 0 saturated heterocycles. The highest BCUT2D eigenvalue weighted by Crippen LogP contribution is 2.29. The number of amides is 1. The Morgan fingerprint density at radius 1 is 1.00 bits per heavy atom. The summed E-state index contributed by atoms with van der Waals surface area (Å²) in [5, 5.41) is 2.78. The van der Waals surface area contributed by atoms with Crippen LogP contribution in [0.2, 0.25) is 0 Å². The monoisotopic (exact) mass is 392 g/mol. The van der Waals surface area contributed by atoms with Crippen molar-refractivity contribution in [1.82, 2.24) is 4.72 Å². The maximum atomic E-state index is 12.6. The molecule has 146 valence electrons. The van der Waals surface area contributed by atoms with E-state index in [0.717, 1.165) is 11.1 Å². The van der Waals surface area contributed by atoms with Crippen molar-refractivity contribution in [3.63, 3.8) is 0 Å². The SMILES string of the molecule is COc1ccc(S(=O)(=O)N[C@@H](C)C(=O)Nc2c(C)cccc2C)cc1OC. The van der Waals surface area contributed by atoms with Gasteiger partial charge >= 0.3 is 0 Å². The van der Waals surface area contributed by atoms with Crippen LogP contribution in [0.1, 0.15) is 18.1 Å². The molecule has 0 unspecified atom stereocenters. The van der Waals surface area contributed by atoms with E-state index in [2.05, 4.69) is 10.0 Å². The van der Waals surface area contributed by atoms with Gasteiger partial charge in [0.25, 0.3) is 0 Å². The highest BCUT2D eigenvalue weighted by atomic mass is 32.2. The average Bonchev–Trinajstić information content (AvgIpc) is 2.63. The molecule has 2 aromatic rings. The summed E-state index contributed by atoms with van der Waals surface area (Å²) in [5.74, 6) is 0.252. The molecule has 0 fully saturated rings. The van der Waals surface area contributed by atoms with Gasteiger partial charge in [0, 0.05) is 11.8 Å². The number of carbonyl (C=O) groups excluding carboxylic acids is 1. The molecule has 1 atom stereocenters. The summed E-state index contributed by atoms with van der Waals surface area (Å²) in [7, 11) is -1.04. The Kier molecular flexibility index (Phi) is 6.45. The van der Waals surface area contributed by atoms with Gasteiger partial charge in [-0.15, -0.1) is 0 Å². The van der Waals surface area contributed by atoms with Gasteiger partial charge in [-0.2, -0.15) is 4.72 Å². The molecular weight excluding hydrogens is 368 g/mol. The maximum absolute atomic E-state index is 12.6. The van der Waals surface area contributed by atoms with Crippen molar-refractivity contribution in [2.24, 2.45) is 0 Å². The molecule has 0 bridgehead atoms. The van der Waals surface area contributed by atoms with E-state index in [9.17, 15) is 13.2 Å². The van der Waals surface area contributed by atoms with Gasteiger partial charge in [-0.25, -0.2) is 8.42 Å². The number of para-hydroxylation sites is 1. The van der Waals surface area contributed by atoms with Crippen molar-refractivity contribution in [3.8, 4) is 11.5 Å². The second-order valence-electron chi connectivity index (χ2n) is 6.12. The van der Waals surface area contributed by atoms with Crippen molar-refractivity contribution < 1.29 is 22.7 Å². The second-order valence-corrected chi connectivity index (χ2v) is 7.83. The first kappa shape index (κ1) is 20.7. The van der Waals surface area contributed by atoms with E-state index in [1.165, 1.54) is 39.3 Å². The fourth-order valence-electron chi connectivity index (χ4n) is 2.58. The number of carbonyl (C=O) groups is 1. The fourth-order valence-corrected chi connectivity index (χ4v) is 3.80. The van der Waals surface area contributed by atoms with Gasteiger partial charge in [0.2, 0.25) is 15.9 Å². The Morgan fingerprint density at radius 2 is 1.59 bits per heavy atom. The summed E-state index contributed by atoms with van der Waals surface area (Å²) in [6.45, 7) is 5.24. The molecule has 0 aliphatic carbocycles. The van der Waals surface area contributed by atoms with E-state index in [0.29, 0.717) is 11.4 Å². The van der Waals surface area contributed by atoms with Crippen LogP contribution in [0.4, 0.5) is 5.69 Å². The zero-order valence-corrected chi connectivity index (χ0v) is 16.8. The van der Waals surface area contributed by atoms with Crippen LogP contribution in [0.5, 0.6) is 11.5 Å². The first-order chi connectivity index (χ1) is 12.7. The zero-order chi connectivity index (χ0) is 20.2. The van der Waals surface area contributed by atoms with Crippen LogP contribution in [0.25, 0.3) is 0 Å². The molecule has 0 saturated carbocycles. The number of ether oxygens (including phenoxy) is 2. The van der Waals surface area contributed by atoms with E-state index in [4.69, 9.17) is 9.47 Å². The Labute approximate surface area is 159 Å². The molecule has 2 rings (SSSR count). The summed E-state index contributed by atoms with van der Waals surface area (Å²) >= 11 is 0. The first-order valence-corrected chi connectivity index (χ1v) is 9.79. The van der Waals surface area contributed by atoms with E-state index >= 15 is 0 Å². The van der Waals surface area contributed by atoms with Crippen LogP contribution >= 0.6 is 0 Å². The van der Waals surface area contributed by atoms with Crippen molar-refractivity contribution >= 4 is 21.6 Å². The van der Waals surface area contributed by atoms with Crippen LogP contribution in [0.3, 0.4) is 0 Å². The number of benzene rings is 2. The third-order valence-electron chi connectivity index (χ3n) is 4.12. The van der Waals surface area contributed by atoms with Crippen LogP contribution in [-0.2, 0) is 14.8 Å². The normalized spacial score (nSPS) is 12.3. The molecule has 2 aromatic carbocycles. The van der Waals surface area contributed by atoms with Crippen LogP contribution in [0, 0.1) is 13.8 Å². The number of aryl methyl sites for hydroxylation is 2. The van der Waals surface area contributed by atoms with Crippen molar-refractivity contribution in [2.45, 2.75) is 31.7 Å². The molecule has 0 aromatic heterocycles. The lowest BCUT2D eigenvalue weighted by Gasteiger charge is -2.17. The second kappa shape index (κ2) is 8.41. The third kappa shape index (κ3) is 4.78. The number of methoxy groups -OCH3 is 2. The largest absolute Gasteiger partial charge is 0.493 e. The Hall–Kier alpha value is -2.58. The molecule has 0 aliphatic heterocycles. The van der Waals surface area contributed by atoms with Gasteiger partial charge in [-0.3, -0.25) is 4.79 Å². The standard InChI is InChI=1S/C19H24N2O5S/c1-12-7-6-8-13(2)18(12)20-19(22)14(3)21-27(23,24)15-9-10-16(25-4)17(11-15)26-5/h6-11,14,21H,1-5H3,(H,20,22)/t14-/m0/s1. The summed E-state index contributed by atoms with van der Waals surface area (Å²) in [6, 6.07) is 8.90. The number of nitrogens with one attached hydrogen (secondary N) is 2. The lowest BCUT2D eigenvalue weighted by atomic mass is 10.1. The number of sulfonamides is 1. The molecule has 8 heteroatoms. The molecule has 27 heavy (non-hydrogen) atoms. The predicted octanol–water partition coefficient (Wildman–Crippen LogP) is 2.63. The number of hydrogen-bond acceptors (Lipinski definition) is 5. The van der Waals surface area contributed by atoms with Crippen LogP contribution in [0.15, 0.2) is 41.3 Å². The van der Waals surface area contributed by atoms with Gasteiger partial charge in [-0.1, -0.05) is 18.2 Å². The summed E-state index contributed by atoms with van der Waals surface area (Å²) in [6.07, 6.45) is 0. The van der Waals surface area contributed by atoms with Gasteiger partial charge < -0.3 is 14.8 Å². The Morgan fingerprint density at radius 3 is 2.15 bits per heavy atom. The Bertz CT molecular complexity index is 921. The van der Waals surface area contributed by atoms with E-state index < -0.39 is 22.0 Å². The zero-order valence-electron chi connectivity index (χ0n) is 16.0. The summed E-state index contributed by atoms with van der Waals surface area (Å²) < 4.78 is 37.9. The Balaban J connectivity index is 2.18. The molecule has 1 amide bonds. The predicted molar refractivity (Wildman–Crippen MR) is 104 cm³/mol. The van der Waals surface area contributed by atoms with E-state index in [1.54, 1.807) is 0 Å². The first-order valence-electron chi connectivity index (χ1n) is 8.31. The summed E-state index contributed by atoms with van der Waals surface area (Å²) in [5.41, 5.74) is 2.48. The molecule has 0 spiro atoms. The minimum atomic E-state index is -3.92. The molecule has 0 radical (unpaired) electrons. The number of rotatable bonds is 7. The lowest BCUT2D eigenvalue weighted by molar-refractivity contribution is -0.117.